The van der Waals surface area contributed by atoms with Crippen LogP contribution in [0.1, 0.15) is 12.0 Å². The first-order valence-electron chi connectivity index (χ1n) is 8.43. The molecule has 1 aliphatic heterocycles. The topological polar surface area (TPSA) is 55.2 Å². The normalized spacial score (nSPS) is 17.4. The summed E-state index contributed by atoms with van der Waals surface area (Å²) < 4.78 is 1.63. The summed E-state index contributed by atoms with van der Waals surface area (Å²) in [6.45, 7) is 3.09. The Balaban J connectivity index is 1.59. The van der Waals surface area contributed by atoms with Gasteiger partial charge in [0.15, 0.2) is 0 Å². The molecule has 1 amide bonds. The van der Waals surface area contributed by atoms with Crippen LogP contribution in [0.2, 0.25) is 0 Å². The molecule has 1 atom stereocenters. The van der Waals surface area contributed by atoms with Crippen molar-refractivity contribution in [2.45, 2.75) is 19.9 Å². The van der Waals surface area contributed by atoms with Crippen LogP contribution >= 0.6 is 0 Å². The number of amides is 1. The van der Waals surface area contributed by atoms with Gasteiger partial charge in [-0.25, -0.2) is 4.98 Å². The smallest absolute Gasteiger partial charge is 0.261 e. The average molecular weight is 333 g/mol. The monoisotopic (exact) mass is 333 g/mol. The quantitative estimate of drug-likeness (QED) is 0.740. The van der Waals surface area contributed by atoms with E-state index in [1.54, 1.807) is 15.8 Å². The van der Waals surface area contributed by atoms with Crippen LogP contribution < -0.4 is 10.5 Å². The maximum absolute atomic E-state index is 12.7. The van der Waals surface area contributed by atoms with Crippen molar-refractivity contribution in [3.63, 3.8) is 0 Å². The fourth-order valence-corrected chi connectivity index (χ4v) is 3.44. The minimum Gasteiger partial charge on any atom is -0.312 e. The molecule has 1 aliphatic rings. The summed E-state index contributed by atoms with van der Waals surface area (Å²) >= 11 is 0. The van der Waals surface area contributed by atoms with Crippen molar-refractivity contribution in [1.82, 2.24) is 9.55 Å². The third-order valence-corrected chi connectivity index (χ3v) is 4.71. The Bertz CT molecular complexity index is 995. The summed E-state index contributed by atoms with van der Waals surface area (Å²) in [5.41, 5.74) is 2.62. The third-order valence-electron chi connectivity index (χ3n) is 4.71. The van der Waals surface area contributed by atoms with Gasteiger partial charge >= 0.3 is 0 Å². The average Bonchev–Trinajstić information content (AvgIpc) is 2.99. The summed E-state index contributed by atoms with van der Waals surface area (Å²) in [7, 11) is 0. The van der Waals surface area contributed by atoms with E-state index in [4.69, 9.17) is 0 Å². The van der Waals surface area contributed by atoms with E-state index in [1.807, 2.05) is 55.5 Å². The first kappa shape index (κ1) is 15.6. The fourth-order valence-electron chi connectivity index (χ4n) is 3.44. The molecule has 0 N–H and O–H groups in total. The lowest BCUT2D eigenvalue weighted by Gasteiger charge is -2.17. The molecule has 0 aliphatic carbocycles. The van der Waals surface area contributed by atoms with Crippen LogP contribution in [0.5, 0.6) is 0 Å². The Morgan fingerprint density at radius 2 is 1.92 bits per heavy atom. The highest BCUT2D eigenvalue weighted by Gasteiger charge is 2.30. The lowest BCUT2D eigenvalue weighted by atomic mass is 10.1. The number of aryl methyl sites for hydroxylation is 1. The number of para-hydroxylation sites is 1. The van der Waals surface area contributed by atoms with Crippen molar-refractivity contribution < 1.29 is 4.79 Å². The molecule has 2 aromatic carbocycles. The maximum atomic E-state index is 12.7. The molecule has 3 aromatic rings. The fraction of sp³-hybridized carbons (Fsp3) is 0.250. The van der Waals surface area contributed by atoms with Crippen LogP contribution in [0.15, 0.2) is 59.7 Å². The minimum absolute atomic E-state index is 0.0423. The highest BCUT2D eigenvalue weighted by Crippen LogP contribution is 2.25. The summed E-state index contributed by atoms with van der Waals surface area (Å²) in [6.07, 6.45) is 2.04. The van der Waals surface area contributed by atoms with Crippen LogP contribution in [0.25, 0.3) is 10.9 Å². The molecule has 126 valence electrons. The molecule has 5 nitrogen and oxygen atoms in total. The first-order valence-corrected chi connectivity index (χ1v) is 8.43. The Kier molecular flexibility index (Phi) is 3.84. The molecule has 1 unspecified atom stereocenters. The zero-order valence-corrected chi connectivity index (χ0v) is 14.1. The highest BCUT2D eigenvalue weighted by atomic mass is 16.2. The summed E-state index contributed by atoms with van der Waals surface area (Å²) in [5.74, 6) is 0.211. The standard InChI is InChI=1S/C20H19N3O2/c1-14-7-8-18-17(9-14)20(25)22(13-21-18)11-15-10-19(24)23(12-15)16-5-3-2-4-6-16/h2-9,13,15H,10-12H2,1H3. The summed E-state index contributed by atoms with van der Waals surface area (Å²) in [5, 5.41) is 0.631. The van der Waals surface area contributed by atoms with Crippen LogP contribution in [-0.4, -0.2) is 22.0 Å². The van der Waals surface area contributed by atoms with Crippen LogP contribution in [0.3, 0.4) is 0 Å². The molecule has 0 bridgehead atoms. The van der Waals surface area contributed by atoms with Gasteiger partial charge in [-0.15, -0.1) is 0 Å². The zero-order valence-electron chi connectivity index (χ0n) is 14.1. The molecular weight excluding hydrogens is 314 g/mol. The van der Waals surface area contributed by atoms with Gasteiger partial charge < -0.3 is 4.90 Å². The molecule has 5 heteroatoms. The number of hydrogen-bond acceptors (Lipinski definition) is 3. The van der Waals surface area contributed by atoms with Crippen molar-refractivity contribution >= 4 is 22.5 Å². The molecule has 4 rings (SSSR count). The minimum atomic E-state index is -0.0423. The zero-order chi connectivity index (χ0) is 17.4. The molecule has 0 radical (unpaired) electrons. The molecule has 1 fully saturated rings. The number of anilines is 1. The van der Waals surface area contributed by atoms with E-state index < -0.39 is 0 Å². The van der Waals surface area contributed by atoms with Crippen LogP contribution in [-0.2, 0) is 11.3 Å². The van der Waals surface area contributed by atoms with E-state index in [0.29, 0.717) is 30.4 Å². The predicted molar refractivity (Wildman–Crippen MR) is 97.6 cm³/mol. The lowest BCUT2D eigenvalue weighted by Crippen LogP contribution is -2.27. The van der Waals surface area contributed by atoms with E-state index in [9.17, 15) is 9.59 Å². The Morgan fingerprint density at radius 1 is 1.12 bits per heavy atom. The van der Waals surface area contributed by atoms with Gasteiger partial charge in [-0.05, 0) is 31.2 Å². The van der Waals surface area contributed by atoms with Crippen LogP contribution in [0.4, 0.5) is 5.69 Å². The number of benzene rings is 2. The van der Waals surface area contributed by atoms with Gasteiger partial charge in [-0.2, -0.15) is 0 Å². The molecular formula is C20H19N3O2. The molecule has 2 heterocycles. The third kappa shape index (κ3) is 2.93. The van der Waals surface area contributed by atoms with Gasteiger partial charge in [0.1, 0.15) is 0 Å². The van der Waals surface area contributed by atoms with Crippen molar-refractivity contribution in [3.05, 3.63) is 70.8 Å². The number of fused-ring (bicyclic) bond motifs is 1. The van der Waals surface area contributed by atoms with Crippen molar-refractivity contribution in [1.29, 1.82) is 0 Å². The number of hydrogen-bond donors (Lipinski definition) is 0. The second-order valence-corrected chi connectivity index (χ2v) is 6.63. The maximum Gasteiger partial charge on any atom is 0.261 e. The van der Waals surface area contributed by atoms with Gasteiger partial charge in [-0.3, -0.25) is 14.2 Å². The second-order valence-electron chi connectivity index (χ2n) is 6.63. The van der Waals surface area contributed by atoms with E-state index in [-0.39, 0.29) is 17.4 Å². The number of carbonyl (C=O) groups excluding carboxylic acids is 1. The van der Waals surface area contributed by atoms with Gasteiger partial charge in [0.2, 0.25) is 5.91 Å². The number of rotatable bonds is 3. The van der Waals surface area contributed by atoms with Crippen molar-refractivity contribution in [2.75, 3.05) is 11.4 Å². The largest absolute Gasteiger partial charge is 0.312 e. The molecule has 0 spiro atoms. The van der Waals surface area contributed by atoms with Crippen molar-refractivity contribution in [2.24, 2.45) is 5.92 Å². The van der Waals surface area contributed by atoms with E-state index in [0.717, 1.165) is 11.3 Å². The number of carbonyl (C=O) groups is 1. The van der Waals surface area contributed by atoms with Crippen LogP contribution in [0, 0.1) is 12.8 Å². The van der Waals surface area contributed by atoms with E-state index in [2.05, 4.69) is 4.98 Å². The number of nitrogens with zero attached hydrogens (tertiary/aromatic N) is 3. The summed E-state index contributed by atoms with van der Waals surface area (Å²) in [6, 6.07) is 15.4. The number of aromatic nitrogens is 2. The van der Waals surface area contributed by atoms with Gasteiger partial charge in [0.05, 0.1) is 17.2 Å². The van der Waals surface area contributed by atoms with Gasteiger partial charge in [0, 0.05) is 31.1 Å². The first-order chi connectivity index (χ1) is 12.1. The molecule has 1 saturated heterocycles. The molecule has 0 saturated carbocycles. The van der Waals surface area contributed by atoms with Gasteiger partial charge in [-0.1, -0.05) is 29.8 Å². The van der Waals surface area contributed by atoms with E-state index in [1.165, 1.54) is 0 Å². The SMILES string of the molecule is Cc1ccc2ncn(CC3CC(=O)N(c4ccccc4)C3)c(=O)c2c1. The molecule has 1 aromatic heterocycles. The molecule has 25 heavy (non-hydrogen) atoms. The lowest BCUT2D eigenvalue weighted by molar-refractivity contribution is -0.117. The van der Waals surface area contributed by atoms with E-state index >= 15 is 0 Å². The Hall–Kier alpha value is -2.95. The Morgan fingerprint density at radius 3 is 2.72 bits per heavy atom. The second kappa shape index (κ2) is 6.16. The Labute approximate surface area is 145 Å². The highest BCUT2D eigenvalue weighted by molar-refractivity contribution is 5.95. The van der Waals surface area contributed by atoms with Gasteiger partial charge in [0.25, 0.3) is 5.56 Å². The predicted octanol–water partition coefficient (Wildman–Crippen LogP) is 2.76. The summed E-state index contributed by atoms with van der Waals surface area (Å²) in [4.78, 5) is 31.3. The van der Waals surface area contributed by atoms with Crippen molar-refractivity contribution in [3.8, 4) is 0 Å².